The molecule has 0 bridgehead atoms. The summed E-state index contributed by atoms with van der Waals surface area (Å²) in [5.74, 6) is 1.22. The Balaban J connectivity index is 1.84. The number of aliphatic imine (C=N–C) groups is 1. The first-order valence-corrected chi connectivity index (χ1v) is 10.8. The first kappa shape index (κ1) is 22.4. The van der Waals surface area contributed by atoms with Gasteiger partial charge in [0.15, 0.2) is 17.4 Å². The molecular formula is C27H29N3O3. The van der Waals surface area contributed by atoms with Crippen LogP contribution in [0.3, 0.4) is 0 Å². The van der Waals surface area contributed by atoms with Crippen molar-refractivity contribution < 1.29 is 14.6 Å². The number of rotatable bonds is 8. The zero-order valence-corrected chi connectivity index (χ0v) is 19.4. The summed E-state index contributed by atoms with van der Waals surface area (Å²) in [6, 6.07) is 21.8. The third kappa shape index (κ3) is 4.86. The van der Waals surface area contributed by atoms with Crippen molar-refractivity contribution in [2.45, 2.75) is 6.42 Å². The van der Waals surface area contributed by atoms with Gasteiger partial charge in [0, 0.05) is 23.6 Å². The Morgan fingerprint density at radius 1 is 0.939 bits per heavy atom. The van der Waals surface area contributed by atoms with Crippen LogP contribution >= 0.6 is 0 Å². The van der Waals surface area contributed by atoms with Crippen LogP contribution in [0.5, 0.6) is 17.4 Å². The van der Waals surface area contributed by atoms with Crippen LogP contribution in [0, 0.1) is 0 Å². The highest BCUT2D eigenvalue weighted by molar-refractivity contribution is 6.22. The topological polar surface area (TPSA) is 70.1 Å². The van der Waals surface area contributed by atoms with Crippen LogP contribution in [0.15, 0.2) is 71.7 Å². The van der Waals surface area contributed by atoms with E-state index in [1.165, 1.54) is 5.56 Å². The predicted molar refractivity (Wildman–Crippen MR) is 134 cm³/mol. The molecule has 4 rings (SSSR count). The van der Waals surface area contributed by atoms with Crippen molar-refractivity contribution in [3.05, 3.63) is 83.4 Å². The lowest BCUT2D eigenvalue weighted by atomic mass is 10.0. The molecule has 0 radical (unpaired) electrons. The molecule has 1 heterocycles. The van der Waals surface area contributed by atoms with Crippen LogP contribution < -0.4 is 9.47 Å². The number of fused-ring (bicyclic) bond motifs is 1. The summed E-state index contributed by atoms with van der Waals surface area (Å²) in [6.45, 7) is 0.992. The van der Waals surface area contributed by atoms with Crippen molar-refractivity contribution in [1.82, 2.24) is 9.88 Å². The number of benzene rings is 3. The number of methoxy groups -OCH3 is 2. The van der Waals surface area contributed by atoms with E-state index in [4.69, 9.17) is 14.5 Å². The average Bonchev–Trinajstić information content (AvgIpc) is 3.15. The van der Waals surface area contributed by atoms with Gasteiger partial charge < -0.3 is 24.5 Å². The van der Waals surface area contributed by atoms with Gasteiger partial charge in [0.1, 0.15) is 0 Å². The number of nitrogens with one attached hydrogen (secondary N) is 1. The monoisotopic (exact) mass is 443 g/mol. The number of aromatic hydroxyl groups is 1. The molecule has 2 N–H and O–H groups in total. The molecule has 0 atom stereocenters. The number of likely N-dealkylation sites (N-methyl/N-ethyl adjacent to an activating group) is 1. The Morgan fingerprint density at radius 3 is 2.24 bits per heavy atom. The van der Waals surface area contributed by atoms with Gasteiger partial charge in [-0.15, -0.1) is 0 Å². The van der Waals surface area contributed by atoms with Crippen molar-refractivity contribution in [2.24, 2.45) is 4.99 Å². The van der Waals surface area contributed by atoms with Crippen LogP contribution in [0.2, 0.25) is 0 Å². The molecule has 0 unspecified atom stereocenters. The van der Waals surface area contributed by atoms with Crippen LogP contribution in [0.25, 0.3) is 10.9 Å². The lowest BCUT2D eigenvalue weighted by molar-refractivity contribution is 0.356. The molecule has 170 valence electrons. The van der Waals surface area contributed by atoms with E-state index in [2.05, 4.69) is 36.1 Å². The van der Waals surface area contributed by atoms with Gasteiger partial charge in [0.2, 0.25) is 0 Å². The molecule has 0 aliphatic carbocycles. The SMILES string of the molecule is COc1cc2[nH]c(O)c(C(=Nc3ccc(CCN(C)C)cc3)c3ccccc3)c2cc1OC. The molecule has 0 aliphatic heterocycles. The molecule has 6 heteroatoms. The van der Waals surface area contributed by atoms with Gasteiger partial charge in [0.05, 0.1) is 36.7 Å². The average molecular weight is 444 g/mol. The number of ether oxygens (including phenoxy) is 2. The van der Waals surface area contributed by atoms with Gasteiger partial charge in [-0.1, -0.05) is 42.5 Å². The van der Waals surface area contributed by atoms with Crippen LogP contribution in [-0.2, 0) is 6.42 Å². The first-order chi connectivity index (χ1) is 16.0. The van der Waals surface area contributed by atoms with E-state index < -0.39 is 0 Å². The van der Waals surface area contributed by atoms with Crippen LogP contribution in [0.4, 0.5) is 5.69 Å². The molecule has 0 saturated heterocycles. The minimum Gasteiger partial charge on any atom is -0.494 e. The second kappa shape index (κ2) is 9.79. The second-order valence-corrected chi connectivity index (χ2v) is 8.15. The zero-order valence-electron chi connectivity index (χ0n) is 19.4. The molecule has 3 aromatic carbocycles. The highest BCUT2D eigenvalue weighted by Gasteiger charge is 2.21. The second-order valence-electron chi connectivity index (χ2n) is 8.15. The zero-order chi connectivity index (χ0) is 23.4. The Bertz CT molecular complexity index is 1260. The van der Waals surface area contributed by atoms with Crippen molar-refractivity contribution in [3.63, 3.8) is 0 Å². The van der Waals surface area contributed by atoms with Gasteiger partial charge in [-0.3, -0.25) is 0 Å². The van der Waals surface area contributed by atoms with Crippen molar-refractivity contribution >= 4 is 22.3 Å². The van der Waals surface area contributed by atoms with E-state index in [1.807, 2.05) is 54.6 Å². The van der Waals surface area contributed by atoms with Gasteiger partial charge in [-0.2, -0.15) is 0 Å². The third-order valence-corrected chi connectivity index (χ3v) is 5.59. The molecule has 6 nitrogen and oxygen atoms in total. The lowest BCUT2D eigenvalue weighted by Gasteiger charge is -2.11. The largest absolute Gasteiger partial charge is 0.494 e. The normalized spacial score (nSPS) is 11.8. The summed E-state index contributed by atoms with van der Waals surface area (Å²) in [6.07, 6.45) is 0.980. The minimum absolute atomic E-state index is 0.0468. The van der Waals surface area contributed by atoms with Crippen molar-refractivity contribution in [1.29, 1.82) is 0 Å². The summed E-state index contributed by atoms with van der Waals surface area (Å²) in [4.78, 5) is 10.2. The molecule has 0 spiro atoms. The Labute approximate surface area is 194 Å². The summed E-state index contributed by atoms with van der Waals surface area (Å²) in [5, 5.41) is 11.7. The minimum atomic E-state index is 0.0468. The van der Waals surface area contributed by atoms with Gasteiger partial charge in [-0.25, -0.2) is 4.99 Å². The van der Waals surface area contributed by atoms with E-state index >= 15 is 0 Å². The summed E-state index contributed by atoms with van der Waals surface area (Å²) in [7, 11) is 7.33. The number of nitrogens with zero attached hydrogens (tertiary/aromatic N) is 2. The lowest BCUT2D eigenvalue weighted by Crippen LogP contribution is -2.14. The van der Waals surface area contributed by atoms with E-state index in [0.717, 1.165) is 35.1 Å². The third-order valence-electron chi connectivity index (χ3n) is 5.59. The smallest absolute Gasteiger partial charge is 0.199 e. The highest BCUT2D eigenvalue weighted by Crippen LogP contribution is 2.38. The maximum Gasteiger partial charge on any atom is 0.199 e. The molecule has 0 aliphatic rings. The number of aromatic nitrogens is 1. The predicted octanol–water partition coefficient (Wildman–Crippen LogP) is 5.16. The van der Waals surface area contributed by atoms with Crippen molar-refractivity contribution in [2.75, 3.05) is 34.9 Å². The summed E-state index contributed by atoms with van der Waals surface area (Å²) in [5.41, 5.74) is 5.01. The van der Waals surface area contributed by atoms with E-state index in [9.17, 15) is 5.11 Å². The van der Waals surface area contributed by atoms with Crippen LogP contribution in [-0.4, -0.2) is 55.6 Å². The number of hydrogen-bond acceptors (Lipinski definition) is 5. The maximum absolute atomic E-state index is 10.9. The molecule has 1 aromatic heterocycles. The standard InChI is InChI=1S/C27H29N3O3/c1-30(2)15-14-18-10-12-20(13-11-18)28-26(19-8-6-5-7-9-19)25-21-16-23(32-3)24(33-4)17-22(21)29-27(25)31/h5-13,16-17,29,31H,14-15H2,1-4H3. The van der Waals surface area contributed by atoms with Crippen molar-refractivity contribution in [3.8, 4) is 17.4 Å². The molecule has 0 fully saturated rings. The van der Waals surface area contributed by atoms with E-state index in [0.29, 0.717) is 22.8 Å². The fourth-order valence-corrected chi connectivity index (χ4v) is 3.83. The number of H-pyrrole nitrogens is 1. The molecule has 4 aromatic rings. The maximum atomic E-state index is 10.9. The molecule has 33 heavy (non-hydrogen) atoms. The Hall–Kier alpha value is -3.77. The van der Waals surface area contributed by atoms with Gasteiger partial charge in [-0.05, 0) is 44.3 Å². The van der Waals surface area contributed by atoms with Crippen LogP contribution in [0.1, 0.15) is 16.7 Å². The quantitative estimate of drug-likeness (QED) is 0.369. The van der Waals surface area contributed by atoms with Gasteiger partial charge >= 0.3 is 0 Å². The summed E-state index contributed by atoms with van der Waals surface area (Å²) >= 11 is 0. The van der Waals surface area contributed by atoms with Gasteiger partial charge in [0.25, 0.3) is 0 Å². The summed E-state index contributed by atoms with van der Waals surface area (Å²) < 4.78 is 10.9. The fraction of sp³-hybridized carbons (Fsp3) is 0.222. The Kier molecular flexibility index (Phi) is 6.66. The fourth-order valence-electron chi connectivity index (χ4n) is 3.83. The molecule has 0 amide bonds. The number of aromatic amines is 1. The molecule has 0 saturated carbocycles. The first-order valence-electron chi connectivity index (χ1n) is 10.8. The van der Waals surface area contributed by atoms with E-state index in [-0.39, 0.29) is 5.88 Å². The number of hydrogen-bond donors (Lipinski definition) is 2. The van der Waals surface area contributed by atoms with E-state index in [1.54, 1.807) is 14.2 Å². The molecular weight excluding hydrogens is 414 g/mol. The Morgan fingerprint density at radius 2 is 1.61 bits per heavy atom. The highest BCUT2D eigenvalue weighted by atomic mass is 16.5.